The Kier molecular flexibility index (Phi) is 4.49. The van der Waals surface area contributed by atoms with Crippen molar-refractivity contribution in [2.75, 3.05) is 11.9 Å². The van der Waals surface area contributed by atoms with E-state index < -0.39 is 0 Å². The number of benzene rings is 1. The van der Waals surface area contributed by atoms with E-state index in [1.165, 1.54) is 0 Å². The van der Waals surface area contributed by atoms with E-state index in [1.54, 1.807) is 0 Å². The molecule has 1 aromatic rings. The van der Waals surface area contributed by atoms with Gasteiger partial charge in [0.1, 0.15) is 11.8 Å². The number of nitriles is 1. The maximum absolute atomic E-state index is 8.35. The second-order valence-corrected chi connectivity index (χ2v) is 3.42. The van der Waals surface area contributed by atoms with E-state index in [2.05, 4.69) is 19.2 Å². The minimum absolute atomic E-state index is 0.0954. The highest BCUT2D eigenvalue weighted by molar-refractivity contribution is 5.46. The highest BCUT2D eigenvalue weighted by atomic mass is 16.5. The van der Waals surface area contributed by atoms with Crippen molar-refractivity contribution in [3.8, 4) is 11.8 Å². The molecule has 15 heavy (non-hydrogen) atoms. The zero-order chi connectivity index (χ0) is 11.1. The molecule has 1 atom stereocenters. The van der Waals surface area contributed by atoms with Crippen molar-refractivity contribution >= 4 is 5.69 Å². The summed E-state index contributed by atoms with van der Waals surface area (Å²) < 4.78 is 5.15. The molecule has 0 aliphatic carbocycles. The Hall–Kier alpha value is -1.69. The Morgan fingerprint density at radius 2 is 2.07 bits per heavy atom. The number of anilines is 1. The van der Waals surface area contributed by atoms with Gasteiger partial charge < -0.3 is 10.1 Å². The molecule has 0 aliphatic rings. The van der Waals surface area contributed by atoms with Crippen LogP contribution in [0.2, 0.25) is 0 Å². The predicted molar refractivity (Wildman–Crippen MR) is 60.9 cm³/mol. The van der Waals surface area contributed by atoms with Crippen molar-refractivity contribution in [3.05, 3.63) is 24.3 Å². The number of nitrogens with zero attached hydrogens (tertiary/aromatic N) is 1. The number of hydrogen-bond acceptors (Lipinski definition) is 3. The molecule has 3 heteroatoms. The molecule has 0 heterocycles. The molecule has 0 saturated carbocycles. The van der Waals surface area contributed by atoms with Gasteiger partial charge in [0.15, 0.2) is 6.61 Å². The predicted octanol–water partition coefficient (Wildman–Crippen LogP) is 2.80. The van der Waals surface area contributed by atoms with E-state index in [4.69, 9.17) is 10.00 Å². The lowest BCUT2D eigenvalue weighted by Crippen LogP contribution is -2.13. The molecule has 0 spiro atoms. The maximum atomic E-state index is 8.35. The quantitative estimate of drug-likeness (QED) is 0.802. The average Bonchev–Trinajstić information content (AvgIpc) is 2.28. The van der Waals surface area contributed by atoms with E-state index in [-0.39, 0.29) is 6.61 Å². The van der Waals surface area contributed by atoms with Crippen LogP contribution in [0.5, 0.6) is 5.75 Å². The third-order valence-electron chi connectivity index (χ3n) is 2.18. The molecule has 0 saturated heterocycles. The Morgan fingerprint density at radius 1 is 1.40 bits per heavy atom. The summed E-state index contributed by atoms with van der Waals surface area (Å²) in [5.74, 6) is 0.728. The highest BCUT2D eigenvalue weighted by Crippen LogP contribution is 2.16. The van der Waals surface area contributed by atoms with Gasteiger partial charge >= 0.3 is 0 Å². The fourth-order valence-corrected chi connectivity index (χ4v) is 1.15. The van der Waals surface area contributed by atoms with Crippen molar-refractivity contribution in [2.45, 2.75) is 26.3 Å². The number of hydrogen-bond donors (Lipinski definition) is 1. The van der Waals surface area contributed by atoms with Crippen LogP contribution >= 0.6 is 0 Å². The minimum atomic E-state index is 0.0954. The zero-order valence-corrected chi connectivity index (χ0v) is 9.16. The Bertz CT molecular complexity index is 326. The molecule has 0 fully saturated rings. The molecule has 0 amide bonds. The first kappa shape index (κ1) is 11.4. The second-order valence-electron chi connectivity index (χ2n) is 3.42. The van der Waals surface area contributed by atoms with Gasteiger partial charge in [0.2, 0.25) is 0 Å². The molecular formula is C12H16N2O. The molecule has 1 rings (SSSR count). The van der Waals surface area contributed by atoms with Gasteiger partial charge in [-0.1, -0.05) is 6.92 Å². The molecule has 0 radical (unpaired) electrons. The topological polar surface area (TPSA) is 45.0 Å². The highest BCUT2D eigenvalue weighted by Gasteiger charge is 1.98. The monoisotopic (exact) mass is 204 g/mol. The summed E-state index contributed by atoms with van der Waals surface area (Å²) in [7, 11) is 0. The van der Waals surface area contributed by atoms with E-state index in [1.807, 2.05) is 30.3 Å². The third-order valence-corrected chi connectivity index (χ3v) is 2.18. The summed E-state index contributed by atoms with van der Waals surface area (Å²) >= 11 is 0. The van der Waals surface area contributed by atoms with Crippen LogP contribution in [0, 0.1) is 11.3 Å². The smallest absolute Gasteiger partial charge is 0.174 e. The Balaban J connectivity index is 2.53. The summed E-state index contributed by atoms with van der Waals surface area (Å²) in [6.07, 6.45) is 1.09. The minimum Gasteiger partial charge on any atom is -0.479 e. The first-order valence-corrected chi connectivity index (χ1v) is 5.12. The maximum Gasteiger partial charge on any atom is 0.174 e. The van der Waals surface area contributed by atoms with Gasteiger partial charge in [-0.05, 0) is 37.6 Å². The van der Waals surface area contributed by atoms with E-state index in [0.29, 0.717) is 6.04 Å². The molecule has 1 unspecified atom stereocenters. The first-order chi connectivity index (χ1) is 7.26. The van der Waals surface area contributed by atoms with Crippen LogP contribution in [0.1, 0.15) is 20.3 Å². The van der Waals surface area contributed by atoms with Crippen molar-refractivity contribution in [1.29, 1.82) is 5.26 Å². The van der Waals surface area contributed by atoms with Crippen molar-refractivity contribution in [1.82, 2.24) is 0 Å². The molecular weight excluding hydrogens is 188 g/mol. The Labute approximate surface area is 90.7 Å². The largest absolute Gasteiger partial charge is 0.479 e. The number of ether oxygens (including phenoxy) is 1. The summed E-state index contributed by atoms with van der Waals surface area (Å²) in [4.78, 5) is 0. The van der Waals surface area contributed by atoms with Crippen LogP contribution in [0.25, 0.3) is 0 Å². The van der Waals surface area contributed by atoms with Crippen LogP contribution in [-0.4, -0.2) is 12.6 Å². The van der Waals surface area contributed by atoms with Gasteiger partial charge in [0.25, 0.3) is 0 Å². The van der Waals surface area contributed by atoms with Crippen LogP contribution in [0.4, 0.5) is 5.69 Å². The molecule has 0 bridgehead atoms. The van der Waals surface area contributed by atoms with Crippen LogP contribution < -0.4 is 10.1 Å². The molecule has 0 aliphatic heterocycles. The average molecular weight is 204 g/mol. The number of rotatable bonds is 5. The fourth-order valence-electron chi connectivity index (χ4n) is 1.15. The third kappa shape index (κ3) is 3.90. The molecule has 3 nitrogen and oxygen atoms in total. The zero-order valence-electron chi connectivity index (χ0n) is 9.16. The van der Waals surface area contributed by atoms with Crippen molar-refractivity contribution in [2.24, 2.45) is 0 Å². The lowest BCUT2D eigenvalue weighted by atomic mass is 10.2. The van der Waals surface area contributed by atoms with Gasteiger partial charge in [-0.2, -0.15) is 5.26 Å². The summed E-state index contributed by atoms with van der Waals surface area (Å²) in [5.41, 5.74) is 1.08. The molecule has 1 N–H and O–H groups in total. The van der Waals surface area contributed by atoms with Crippen molar-refractivity contribution in [3.63, 3.8) is 0 Å². The SMILES string of the molecule is CCC(C)Nc1ccc(OCC#N)cc1. The molecule has 0 aromatic heterocycles. The van der Waals surface area contributed by atoms with E-state index in [9.17, 15) is 0 Å². The molecule has 80 valence electrons. The van der Waals surface area contributed by atoms with Crippen LogP contribution in [-0.2, 0) is 0 Å². The standard InChI is InChI=1S/C12H16N2O/c1-3-10(2)14-11-4-6-12(7-5-11)15-9-8-13/h4-7,10,14H,3,9H2,1-2H3. The first-order valence-electron chi connectivity index (χ1n) is 5.12. The summed E-state index contributed by atoms with van der Waals surface area (Å²) in [5, 5.41) is 11.7. The summed E-state index contributed by atoms with van der Waals surface area (Å²) in [6, 6.07) is 10.0. The van der Waals surface area contributed by atoms with Crippen molar-refractivity contribution < 1.29 is 4.74 Å². The van der Waals surface area contributed by atoms with E-state index >= 15 is 0 Å². The Morgan fingerprint density at radius 3 is 2.60 bits per heavy atom. The number of nitrogens with one attached hydrogen (secondary N) is 1. The van der Waals surface area contributed by atoms with Gasteiger partial charge in [-0.15, -0.1) is 0 Å². The van der Waals surface area contributed by atoms with Gasteiger partial charge in [0.05, 0.1) is 0 Å². The van der Waals surface area contributed by atoms with E-state index in [0.717, 1.165) is 17.9 Å². The normalized spacial score (nSPS) is 11.5. The van der Waals surface area contributed by atoms with Crippen LogP contribution in [0.15, 0.2) is 24.3 Å². The lowest BCUT2D eigenvalue weighted by molar-refractivity contribution is 0.368. The second kappa shape index (κ2) is 5.92. The van der Waals surface area contributed by atoms with Gasteiger partial charge in [0, 0.05) is 11.7 Å². The summed E-state index contributed by atoms with van der Waals surface area (Å²) in [6.45, 7) is 4.38. The lowest BCUT2D eigenvalue weighted by Gasteiger charge is -2.13. The fraction of sp³-hybridized carbons (Fsp3) is 0.417. The molecule has 1 aromatic carbocycles. The van der Waals surface area contributed by atoms with Gasteiger partial charge in [-0.3, -0.25) is 0 Å². The van der Waals surface area contributed by atoms with Gasteiger partial charge in [-0.25, -0.2) is 0 Å². The van der Waals surface area contributed by atoms with Crippen LogP contribution in [0.3, 0.4) is 0 Å².